The van der Waals surface area contributed by atoms with Crippen molar-refractivity contribution in [3.8, 4) is 0 Å². The molecule has 0 spiro atoms. The molecule has 3 nitrogen and oxygen atoms in total. The smallest absolute Gasteiger partial charge is 0.169 e. The molecule has 72 valence electrons. The van der Waals surface area contributed by atoms with Crippen LogP contribution in [-0.4, -0.2) is 29.7 Å². The molecule has 0 atom stereocenters. The minimum atomic E-state index is 0.304. The Morgan fingerprint density at radius 2 is 2.31 bits per heavy atom. The highest BCUT2D eigenvalue weighted by Crippen LogP contribution is 2.20. The Morgan fingerprint density at radius 1 is 1.54 bits per heavy atom. The van der Waals surface area contributed by atoms with Gasteiger partial charge in [-0.25, -0.2) is 0 Å². The van der Waals surface area contributed by atoms with Gasteiger partial charge in [0.05, 0.1) is 6.54 Å². The number of halogens is 1. The van der Waals surface area contributed by atoms with Crippen molar-refractivity contribution in [2.24, 2.45) is 5.92 Å². The minimum Gasteiger partial charge on any atom is -0.453 e. The summed E-state index contributed by atoms with van der Waals surface area (Å²) in [5.41, 5.74) is 0. The van der Waals surface area contributed by atoms with E-state index in [0.717, 1.165) is 30.1 Å². The molecule has 1 aromatic heterocycles. The predicted octanol–water partition coefficient (Wildman–Crippen LogP) is 1.47. The van der Waals surface area contributed by atoms with E-state index in [1.807, 2.05) is 12.1 Å². The van der Waals surface area contributed by atoms with Crippen LogP contribution < -0.4 is 0 Å². The quantitative estimate of drug-likeness (QED) is 0.877. The van der Waals surface area contributed by atoms with E-state index in [-0.39, 0.29) is 0 Å². The second-order valence-corrected chi connectivity index (χ2v) is 4.23. The van der Waals surface area contributed by atoms with Gasteiger partial charge in [0.1, 0.15) is 5.76 Å². The van der Waals surface area contributed by atoms with E-state index in [1.54, 1.807) is 0 Å². The fourth-order valence-electron chi connectivity index (χ4n) is 1.58. The van der Waals surface area contributed by atoms with Crippen LogP contribution in [0.25, 0.3) is 0 Å². The Balaban J connectivity index is 1.81. The monoisotopic (exact) mass is 245 g/mol. The molecule has 1 saturated heterocycles. The zero-order valence-electron chi connectivity index (χ0n) is 7.24. The maximum atomic E-state index is 8.82. The van der Waals surface area contributed by atoms with Gasteiger partial charge < -0.3 is 9.52 Å². The van der Waals surface area contributed by atoms with Gasteiger partial charge in [0.15, 0.2) is 4.67 Å². The molecule has 4 heteroatoms. The summed E-state index contributed by atoms with van der Waals surface area (Å²) in [7, 11) is 0. The van der Waals surface area contributed by atoms with Gasteiger partial charge in [-0.2, -0.15) is 0 Å². The van der Waals surface area contributed by atoms with E-state index in [1.165, 1.54) is 0 Å². The molecule has 1 fully saturated rings. The third-order valence-electron chi connectivity index (χ3n) is 2.30. The van der Waals surface area contributed by atoms with Gasteiger partial charge in [-0.1, -0.05) is 0 Å². The molecule has 0 unspecified atom stereocenters. The summed E-state index contributed by atoms with van der Waals surface area (Å²) in [5, 5.41) is 8.82. The lowest BCUT2D eigenvalue weighted by molar-refractivity contribution is 0.0427. The summed E-state index contributed by atoms with van der Waals surface area (Å²) in [6, 6.07) is 3.87. The van der Waals surface area contributed by atoms with Crippen molar-refractivity contribution < 1.29 is 9.52 Å². The van der Waals surface area contributed by atoms with Crippen LogP contribution in [0.1, 0.15) is 5.76 Å². The first kappa shape index (κ1) is 9.24. The number of hydrogen-bond donors (Lipinski definition) is 1. The molecule has 1 aromatic rings. The molecule has 0 aromatic carbocycles. The second-order valence-electron chi connectivity index (χ2n) is 3.45. The SMILES string of the molecule is OCC1CN(Cc2ccc(Br)o2)C1. The van der Waals surface area contributed by atoms with E-state index in [2.05, 4.69) is 20.8 Å². The van der Waals surface area contributed by atoms with E-state index in [0.29, 0.717) is 12.5 Å². The van der Waals surface area contributed by atoms with Gasteiger partial charge in [0, 0.05) is 25.6 Å². The topological polar surface area (TPSA) is 36.6 Å². The van der Waals surface area contributed by atoms with Crippen molar-refractivity contribution >= 4 is 15.9 Å². The number of furan rings is 1. The average Bonchev–Trinajstić information content (AvgIpc) is 2.43. The normalized spacial score (nSPS) is 18.9. The molecular formula is C9H12BrNO2. The Hall–Kier alpha value is -0.320. The van der Waals surface area contributed by atoms with Crippen LogP contribution in [0.15, 0.2) is 21.2 Å². The first-order valence-electron chi connectivity index (χ1n) is 4.35. The molecular weight excluding hydrogens is 234 g/mol. The molecule has 0 amide bonds. The van der Waals surface area contributed by atoms with Gasteiger partial charge >= 0.3 is 0 Å². The molecule has 1 N–H and O–H groups in total. The second kappa shape index (κ2) is 3.82. The van der Waals surface area contributed by atoms with Crippen LogP contribution in [0.3, 0.4) is 0 Å². The predicted molar refractivity (Wildman–Crippen MR) is 52.3 cm³/mol. The molecule has 0 radical (unpaired) electrons. The molecule has 1 aliphatic rings. The standard InChI is InChI=1S/C9H12BrNO2/c10-9-2-1-8(13-9)5-11-3-7(4-11)6-12/h1-2,7,12H,3-6H2. The highest BCUT2D eigenvalue weighted by molar-refractivity contribution is 9.10. The van der Waals surface area contributed by atoms with Crippen molar-refractivity contribution in [1.29, 1.82) is 0 Å². The van der Waals surface area contributed by atoms with Gasteiger partial charge in [0.25, 0.3) is 0 Å². The van der Waals surface area contributed by atoms with E-state index >= 15 is 0 Å². The maximum absolute atomic E-state index is 8.82. The van der Waals surface area contributed by atoms with Gasteiger partial charge in [-0.05, 0) is 28.1 Å². The van der Waals surface area contributed by atoms with Crippen LogP contribution in [0.4, 0.5) is 0 Å². The van der Waals surface area contributed by atoms with Crippen molar-refractivity contribution in [2.45, 2.75) is 6.54 Å². The number of nitrogens with zero attached hydrogens (tertiary/aromatic N) is 1. The molecule has 0 saturated carbocycles. The van der Waals surface area contributed by atoms with E-state index < -0.39 is 0 Å². The first-order valence-corrected chi connectivity index (χ1v) is 5.14. The lowest BCUT2D eigenvalue weighted by atomic mass is 10.0. The number of likely N-dealkylation sites (tertiary alicyclic amines) is 1. The first-order chi connectivity index (χ1) is 6.28. The Morgan fingerprint density at radius 3 is 2.85 bits per heavy atom. The summed E-state index contributed by atoms with van der Waals surface area (Å²) >= 11 is 3.26. The average molecular weight is 246 g/mol. The fraction of sp³-hybridized carbons (Fsp3) is 0.556. The largest absolute Gasteiger partial charge is 0.453 e. The number of aliphatic hydroxyl groups excluding tert-OH is 1. The number of rotatable bonds is 3. The summed E-state index contributed by atoms with van der Waals surface area (Å²) in [4.78, 5) is 2.26. The Bertz CT molecular complexity index is 281. The molecule has 2 heterocycles. The van der Waals surface area contributed by atoms with E-state index in [9.17, 15) is 0 Å². The lowest BCUT2D eigenvalue weighted by Gasteiger charge is -2.37. The van der Waals surface area contributed by atoms with Crippen LogP contribution in [-0.2, 0) is 6.54 Å². The zero-order valence-corrected chi connectivity index (χ0v) is 8.83. The Labute approximate surface area is 85.5 Å². The number of aliphatic hydroxyl groups is 1. The van der Waals surface area contributed by atoms with Crippen LogP contribution in [0.2, 0.25) is 0 Å². The van der Waals surface area contributed by atoms with Gasteiger partial charge in [-0.3, -0.25) is 4.90 Å². The van der Waals surface area contributed by atoms with Crippen molar-refractivity contribution in [1.82, 2.24) is 4.90 Å². The molecule has 13 heavy (non-hydrogen) atoms. The van der Waals surface area contributed by atoms with Gasteiger partial charge in [-0.15, -0.1) is 0 Å². The van der Waals surface area contributed by atoms with Crippen molar-refractivity contribution in [2.75, 3.05) is 19.7 Å². The zero-order chi connectivity index (χ0) is 9.26. The lowest BCUT2D eigenvalue weighted by Crippen LogP contribution is -2.47. The van der Waals surface area contributed by atoms with Crippen molar-refractivity contribution in [3.63, 3.8) is 0 Å². The maximum Gasteiger partial charge on any atom is 0.169 e. The van der Waals surface area contributed by atoms with Crippen LogP contribution in [0.5, 0.6) is 0 Å². The summed E-state index contributed by atoms with van der Waals surface area (Å²) in [6.07, 6.45) is 0. The molecule has 1 aliphatic heterocycles. The summed E-state index contributed by atoms with van der Waals surface area (Å²) in [6.45, 7) is 3.12. The minimum absolute atomic E-state index is 0.304. The van der Waals surface area contributed by atoms with Gasteiger partial charge in [0.2, 0.25) is 0 Å². The molecule has 0 bridgehead atoms. The van der Waals surface area contributed by atoms with Crippen LogP contribution in [0, 0.1) is 5.92 Å². The highest BCUT2D eigenvalue weighted by Gasteiger charge is 2.26. The highest BCUT2D eigenvalue weighted by atomic mass is 79.9. The van der Waals surface area contributed by atoms with E-state index in [4.69, 9.17) is 9.52 Å². The van der Waals surface area contributed by atoms with Crippen molar-refractivity contribution in [3.05, 3.63) is 22.6 Å². The summed E-state index contributed by atoms with van der Waals surface area (Å²) in [5.74, 6) is 1.45. The number of hydrogen-bond acceptors (Lipinski definition) is 3. The van der Waals surface area contributed by atoms with Crippen LogP contribution >= 0.6 is 15.9 Å². The third-order valence-corrected chi connectivity index (χ3v) is 2.73. The molecule has 2 rings (SSSR count). The summed E-state index contributed by atoms with van der Waals surface area (Å²) < 4.78 is 6.15. The Kier molecular flexibility index (Phi) is 2.71. The molecule has 0 aliphatic carbocycles. The third kappa shape index (κ3) is 2.13. The fourth-order valence-corrected chi connectivity index (χ4v) is 1.92.